The smallest absolute Gasteiger partial charge is 0.408 e. The molecule has 0 saturated heterocycles. The molecule has 1 N–H and O–H groups in total. The summed E-state index contributed by atoms with van der Waals surface area (Å²) in [5.74, 6) is -1.21. The van der Waals surface area contributed by atoms with E-state index in [1.165, 1.54) is 31.3 Å². The highest BCUT2D eigenvalue weighted by Gasteiger charge is 2.44. The number of amides is 2. The van der Waals surface area contributed by atoms with Gasteiger partial charge in [-0.2, -0.15) is 13.2 Å². The molecule has 2 aromatic rings. The van der Waals surface area contributed by atoms with E-state index in [1.54, 1.807) is 24.3 Å². The Hall–Kier alpha value is -2.42. The van der Waals surface area contributed by atoms with Crippen LogP contribution < -0.4 is 0 Å². The average molecular weight is 538 g/mol. The highest BCUT2D eigenvalue weighted by Crippen LogP contribution is 2.38. The Balaban J connectivity index is 2.65. The number of nitrogens with zero attached hydrogens (tertiary/aromatic N) is 2. The molecule has 34 heavy (non-hydrogen) atoms. The van der Waals surface area contributed by atoms with E-state index in [0.29, 0.717) is 16.1 Å². The van der Waals surface area contributed by atoms with E-state index in [9.17, 15) is 27.9 Å². The van der Waals surface area contributed by atoms with Crippen molar-refractivity contribution in [2.45, 2.75) is 31.1 Å². The Bertz CT molecular complexity index is 1050. The van der Waals surface area contributed by atoms with E-state index < -0.39 is 36.7 Å². The molecule has 184 valence electrons. The number of carboxylic acid groups (broad SMARTS) is 1. The first-order valence-electron chi connectivity index (χ1n) is 9.91. The summed E-state index contributed by atoms with van der Waals surface area (Å²) in [5, 5.41) is 11.0. The molecule has 0 aliphatic rings. The van der Waals surface area contributed by atoms with Crippen LogP contribution in [0.3, 0.4) is 0 Å². The van der Waals surface area contributed by atoms with Gasteiger partial charge in [-0.05, 0) is 41.8 Å². The molecule has 0 saturated carbocycles. The maximum Gasteiger partial charge on any atom is 0.408 e. The Morgan fingerprint density at radius 3 is 2.18 bits per heavy atom. The quantitative estimate of drug-likeness (QED) is 0.350. The van der Waals surface area contributed by atoms with Crippen LogP contribution in [0.4, 0.5) is 18.0 Å². The number of rotatable bonds is 9. The van der Waals surface area contributed by atoms with E-state index in [4.69, 9.17) is 34.8 Å². The van der Waals surface area contributed by atoms with Gasteiger partial charge in [0, 0.05) is 25.2 Å². The predicted octanol–water partition coefficient (Wildman–Crippen LogP) is 7.01. The van der Waals surface area contributed by atoms with E-state index in [2.05, 4.69) is 6.58 Å². The number of hydrogen-bond acceptors (Lipinski definition) is 2. The van der Waals surface area contributed by atoms with Gasteiger partial charge in [-0.3, -0.25) is 9.69 Å². The number of halogens is 6. The fourth-order valence-corrected chi connectivity index (χ4v) is 4.03. The molecule has 0 radical (unpaired) electrons. The van der Waals surface area contributed by atoms with Crippen LogP contribution in [0.1, 0.15) is 24.0 Å². The van der Waals surface area contributed by atoms with Gasteiger partial charge in [-0.1, -0.05) is 59.1 Å². The van der Waals surface area contributed by atoms with Gasteiger partial charge >= 0.3 is 12.3 Å². The first-order chi connectivity index (χ1) is 15.8. The van der Waals surface area contributed by atoms with Crippen molar-refractivity contribution >= 4 is 46.8 Å². The zero-order valence-electron chi connectivity index (χ0n) is 18.1. The number of carbonyl (C=O) groups is 2. The lowest BCUT2D eigenvalue weighted by molar-refractivity contribution is -0.161. The molecule has 2 rings (SSSR count). The summed E-state index contributed by atoms with van der Waals surface area (Å²) in [6.07, 6.45) is -6.36. The van der Waals surface area contributed by atoms with Crippen LogP contribution in [0, 0.1) is 0 Å². The molecule has 0 fully saturated rings. The lowest BCUT2D eigenvalue weighted by Gasteiger charge is -2.45. The van der Waals surface area contributed by atoms with Crippen molar-refractivity contribution in [3.63, 3.8) is 0 Å². The first kappa shape index (κ1) is 27.8. The summed E-state index contributed by atoms with van der Waals surface area (Å²) < 4.78 is 38.6. The second-order valence-corrected chi connectivity index (χ2v) is 8.94. The lowest BCUT2D eigenvalue weighted by Crippen LogP contribution is -2.55. The van der Waals surface area contributed by atoms with Gasteiger partial charge in [0.2, 0.25) is 5.91 Å². The second kappa shape index (κ2) is 11.3. The highest BCUT2D eigenvalue weighted by molar-refractivity contribution is 6.42. The molecular weight excluding hydrogens is 516 g/mol. The van der Waals surface area contributed by atoms with Gasteiger partial charge in [0.25, 0.3) is 0 Å². The minimum absolute atomic E-state index is 0.0332. The van der Waals surface area contributed by atoms with Crippen LogP contribution >= 0.6 is 34.8 Å². The molecule has 1 atom stereocenters. The molecule has 0 aliphatic carbocycles. The van der Waals surface area contributed by atoms with Crippen molar-refractivity contribution < 1.29 is 27.9 Å². The first-order valence-corrected chi connectivity index (χ1v) is 11.0. The molecule has 0 heterocycles. The molecule has 2 aromatic carbocycles. The van der Waals surface area contributed by atoms with Gasteiger partial charge in [0.15, 0.2) is 0 Å². The molecule has 0 spiro atoms. The topological polar surface area (TPSA) is 60.9 Å². The third-order valence-electron chi connectivity index (χ3n) is 5.22. The molecule has 0 aromatic heterocycles. The van der Waals surface area contributed by atoms with E-state index in [1.807, 2.05) is 0 Å². The van der Waals surface area contributed by atoms with Crippen LogP contribution in [-0.2, 0) is 16.9 Å². The molecule has 0 bridgehead atoms. The SMILES string of the molecule is C=CC[C@@](CN(C)C(=O)CC(F)(F)F)(c1ccc(Cl)c(Cl)c1)N(Cc1ccc(Cl)cc1)C(=O)O. The number of hydrogen-bond donors (Lipinski definition) is 1. The average Bonchev–Trinajstić information content (AvgIpc) is 2.73. The Morgan fingerprint density at radius 1 is 1.06 bits per heavy atom. The number of carbonyl (C=O) groups excluding carboxylic acids is 1. The zero-order valence-corrected chi connectivity index (χ0v) is 20.3. The van der Waals surface area contributed by atoms with Crippen molar-refractivity contribution in [1.82, 2.24) is 9.80 Å². The molecule has 11 heteroatoms. The minimum atomic E-state index is -4.72. The van der Waals surface area contributed by atoms with Crippen LogP contribution in [0.25, 0.3) is 0 Å². The highest BCUT2D eigenvalue weighted by atomic mass is 35.5. The molecule has 5 nitrogen and oxygen atoms in total. The van der Waals surface area contributed by atoms with Gasteiger partial charge in [-0.25, -0.2) is 4.79 Å². The maximum absolute atomic E-state index is 12.9. The zero-order chi connectivity index (χ0) is 25.7. The second-order valence-electron chi connectivity index (χ2n) is 7.69. The Kier molecular flexibility index (Phi) is 9.28. The van der Waals surface area contributed by atoms with Crippen molar-refractivity contribution in [3.05, 3.63) is 81.3 Å². The number of alkyl halides is 3. The van der Waals surface area contributed by atoms with Crippen molar-refractivity contribution in [2.24, 2.45) is 0 Å². The summed E-state index contributed by atoms with van der Waals surface area (Å²) in [4.78, 5) is 26.8. The third kappa shape index (κ3) is 7.04. The molecule has 2 amide bonds. The summed E-state index contributed by atoms with van der Waals surface area (Å²) in [7, 11) is 1.19. The number of benzene rings is 2. The summed E-state index contributed by atoms with van der Waals surface area (Å²) in [6.45, 7) is 3.16. The number of likely N-dealkylation sites (N-methyl/N-ethyl adjacent to an activating group) is 1. The summed E-state index contributed by atoms with van der Waals surface area (Å²) in [6, 6.07) is 10.9. The van der Waals surface area contributed by atoms with Crippen LogP contribution in [0.5, 0.6) is 0 Å². The van der Waals surface area contributed by atoms with Gasteiger partial charge in [0.05, 0.1) is 15.6 Å². The Labute approximate surface area is 210 Å². The van der Waals surface area contributed by atoms with Crippen LogP contribution in [0.15, 0.2) is 55.1 Å². The largest absolute Gasteiger partial charge is 0.465 e. The van der Waals surface area contributed by atoms with Crippen LogP contribution in [0.2, 0.25) is 15.1 Å². The lowest BCUT2D eigenvalue weighted by atomic mass is 9.83. The fourth-order valence-electron chi connectivity index (χ4n) is 3.61. The summed E-state index contributed by atoms with van der Waals surface area (Å²) >= 11 is 18.2. The minimum Gasteiger partial charge on any atom is -0.465 e. The van der Waals surface area contributed by atoms with Gasteiger partial charge in [0.1, 0.15) is 6.42 Å². The van der Waals surface area contributed by atoms with E-state index in [-0.39, 0.29) is 23.0 Å². The molecule has 0 unspecified atom stereocenters. The van der Waals surface area contributed by atoms with E-state index >= 15 is 0 Å². The standard InChI is InChI=1S/C23H22Cl3F3N2O3/c1-3-10-22(16-6-9-18(25)19(26)11-16,14-30(2)20(32)12-23(27,28)29)31(21(33)34)13-15-4-7-17(24)8-5-15/h3-9,11H,1,10,12-14H2,2H3,(H,33,34)/t22-/m1/s1. The van der Waals surface area contributed by atoms with Crippen LogP contribution in [-0.4, -0.2) is 46.7 Å². The maximum atomic E-state index is 12.9. The summed E-state index contributed by atoms with van der Waals surface area (Å²) in [5.41, 5.74) is -0.619. The van der Waals surface area contributed by atoms with Gasteiger partial charge in [-0.15, -0.1) is 6.58 Å². The monoisotopic (exact) mass is 536 g/mol. The predicted molar refractivity (Wildman–Crippen MR) is 126 cm³/mol. The van der Waals surface area contributed by atoms with Crippen molar-refractivity contribution in [2.75, 3.05) is 13.6 Å². The normalized spacial score (nSPS) is 13.1. The van der Waals surface area contributed by atoms with Crippen molar-refractivity contribution in [1.29, 1.82) is 0 Å². The van der Waals surface area contributed by atoms with Gasteiger partial charge < -0.3 is 10.0 Å². The fraction of sp³-hybridized carbons (Fsp3) is 0.304. The third-order valence-corrected chi connectivity index (χ3v) is 6.21. The van der Waals surface area contributed by atoms with Crippen molar-refractivity contribution in [3.8, 4) is 0 Å². The van der Waals surface area contributed by atoms with E-state index in [0.717, 1.165) is 9.80 Å². The molecular formula is C23H22Cl3F3N2O3. The Morgan fingerprint density at radius 2 is 1.68 bits per heavy atom. The molecule has 0 aliphatic heterocycles.